The van der Waals surface area contributed by atoms with Gasteiger partial charge in [0.25, 0.3) is 5.91 Å². The van der Waals surface area contributed by atoms with Gasteiger partial charge in [-0.1, -0.05) is 67.7 Å². The molecule has 0 bridgehead atoms. The van der Waals surface area contributed by atoms with E-state index in [1.165, 1.54) is 6.08 Å². The Morgan fingerprint density at radius 2 is 1.83 bits per heavy atom. The molecule has 0 atom stereocenters. The summed E-state index contributed by atoms with van der Waals surface area (Å²) in [6, 6.07) is 21.9. The Morgan fingerprint density at radius 3 is 2.50 bits per heavy atom. The Morgan fingerprint density at radius 1 is 1.10 bits per heavy atom. The summed E-state index contributed by atoms with van der Waals surface area (Å²) in [6.07, 6.45) is 1.48. The number of anilines is 1. The highest BCUT2D eigenvalue weighted by Gasteiger charge is 2.11. The molecule has 0 saturated heterocycles. The van der Waals surface area contributed by atoms with Gasteiger partial charge in [0.1, 0.15) is 24.0 Å². The van der Waals surface area contributed by atoms with Crippen molar-refractivity contribution in [3.63, 3.8) is 0 Å². The molecule has 0 saturated carbocycles. The highest BCUT2D eigenvalue weighted by Crippen LogP contribution is 2.28. The van der Waals surface area contributed by atoms with Gasteiger partial charge in [-0.2, -0.15) is 5.26 Å². The average Bonchev–Trinajstić information content (AvgIpc) is 2.74. The van der Waals surface area contributed by atoms with Crippen LogP contribution in [0.5, 0.6) is 5.75 Å². The number of hydrogen-bond donors (Lipinski definition) is 1. The minimum Gasteiger partial charge on any atom is -0.487 e. The quantitative estimate of drug-likeness (QED) is 0.268. The van der Waals surface area contributed by atoms with E-state index in [1.807, 2.05) is 30.3 Å². The van der Waals surface area contributed by atoms with E-state index in [0.717, 1.165) is 14.5 Å². The maximum atomic E-state index is 12.4. The fourth-order valence-corrected chi connectivity index (χ4v) is 3.45. The van der Waals surface area contributed by atoms with Gasteiger partial charge < -0.3 is 10.1 Å². The van der Waals surface area contributed by atoms with Crippen molar-refractivity contribution in [3.8, 4) is 11.8 Å². The molecule has 1 amide bonds. The second-order valence-electron chi connectivity index (χ2n) is 6.20. The van der Waals surface area contributed by atoms with Gasteiger partial charge >= 0.3 is 0 Å². The van der Waals surface area contributed by atoms with Crippen LogP contribution in [0.15, 0.2) is 81.2 Å². The van der Waals surface area contributed by atoms with Crippen molar-refractivity contribution in [2.45, 2.75) is 6.61 Å². The number of benzene rings is 3. The number of carbonyl (C=O) groups is 1. The monoisotopic (exact) mass is 544 g/mol. The molecular weight excluding hydrogens is 532 g/mol. The molecule has 0 radical (unpaired) electrons. The predicted octanol–water partition coefficient (Wildman–Crippen LogP) is 6.99. The summed E-state index contributed by atoms with van der Waals surface area (Å²) in [4.78, 5) is 12.4. The Kier molecular flexibility index (Phi) is 7.69. The van der Waals surface area contributed by atoms with Gasteiger partial charge in [0.15, 0.2) is 0 Å². The summed E-state index contributed by atoms with van der Waals surface area (Å²) in [5.74, 6) is 0.0209. The Labute approximate surface area is 196 Å². The van der Waals surface area contributed by atoms with Crippen LogP contribution in [0.4, 0.5) is 5.69 Å². The molecule has 3 aromatic carbocycles. The molecule has 4 nitrogen and oxygen atoms in total. The normalized spacial score (nSPS) is 10.9. The molecule has 1 N–H and O–H groups in total. The second kappa shape index (κ2) is 10.4. The summed E-state index contributed by atoms with van der Waals surface area (Å²) in [5, 5.41) is 12.5. The van der Waals surface area contributed by atoms with Crippen molar-refractivity contribution in [1.82, 2.24) is 0 Å². The van der Waals surface area contributed by atoms with Crippen LogP contribution in [0.25, 0.3) is 6.08 Å². The maximum absolute atomic E-state index is 12.4. The molecule has 0 spiro atoms. The number of hydrogen-bond acceptors (Lipinski definition) is 3. The fourth-order valence-electron chi connectivity index (χ4n) is 2.54. The van der Waals surface area contributed by atoms with Crippen molar-refractivity contribution in [2.75, 3.05) is 5.32 Å². The van der Waals surface area contributed by atoms with Gasteiger partial charge in [0.2, 0.25) is 0 Å². The number of nitrogens with zero attached hydrogens (tertiary/aromatic N) is 1. The summed E-state index contributed by atoms with van der Waals surface area (Å²) >= 11 is 13.2. The third-order valence-corrected chi connectivity index (χ3v) is 5.67. The number of nitriles is 1. The molecule has 7 heteroatoms. The zero-order valence-corrected chi connectivity index (χ0v) is 19.5. The first-order chi connectivity index (χ1) is 14.5. The molecule has 0 fully saturated rings. The third kappa shape index (κ3) is 5.96. The van der Waals surface area contributed by atoms with E-state index >= 15 is 0 Å². The van der Waals surface area contributed by atoms with Gasteiger partial charge in [-0.3, -0.25) is 4.79 Å². The lowest BCUT2D eigenvalue weighted by molar-refractivity contribution is -0.112. The van der Waals surface area contributed by atoms with E-state index in [4.69, 9.17) is 16.3 Å². The number of nitrogens with one attached hydrogen (secondary N) is 1. The Balaban J connectivity index is 1.71. The summed E-state index contributed by atoms with van der Waals surface area (Å²) < 4.78 is 7.65. The SMILES string of the molecule is N#C/C(=C\c1ccc(OCc2ccccc2Br)c(Cl)c1)C(=O)Nc1ccc(Br)cc1. The lowest BCUT2D eigenvalue weighted by Crippen LogP contribution is -2.13. The van der Waals surface area contributed by atoms with E-state index < -0.39 is 5.91 Å². The topological polar surface area (TPSA) is 62.1 Å². The molecule has 3 rings (SSSR count). The van der Waals surface area contributed by atoms with Crippen LogP contribution in [0.1, 0.15) is 11.1 Å². The molecule has 0 aliphatic carbocycles. The molecule has 0 aromatic heterocycles. The fraction of sp³-hybridized carbons (Fsp3) is 0.0435. The van der Waals surface area contributed by atoms with Crippen LogP contribution in [0.2, 0.25) is 5.02 Å². The summed E-state index contributed by atoms with van der Waals surface area (Å²) in [5.41, 5.74) is 2.18. The summed E-state index contributed by atoms with van der Waals surface area (Å²) in [7, 11) is 0. The first-order valence-corrected chi connectivity index (χ1v) is 10.8. The van der Waals surface area contributed by atoms with E-state index in [-0.39, 0.29) is 5.57 Å². The molecule has 150 valence electrons. The number of rotatable bonds is 6. The van der Waals surface area contributed by atoms with Crippen molar-refractivity contribution in [3.05, 3.63) is 97.4 Å². The molecule has 0 aliphatic rings. The zero-order chi connectivity index (χ0) is 21.5. The molecular formula is C23H15Br2ClN2O2. The number of halogens is 3. The summed E-state index contributed by atoms with van der Waals surface area (Å²) in [6.45, 7) is 0.357. The van der Waals surface area contributed by atoms with Crippen molar-refractivity contribution in [2.24, 2.45) is 0 Å². The van der Waals surface area contributed by atoms with Crippen LogP contribution in [0, 0.1) is 11.3 Å². The van der Waals surface area contributed by atoms with Crippen LogP contribution in [-0.2, 0) is 11.4 Å². The highest BCUT2D eigenvalue weighted by atomic mass is 79.9. The zero-order valence-electron chi connectivity index (χ0n) is 15.5. The minimum absolute atomic E-state index is 0.0316. The first-order valence-electron chi connectivity index (χ1n) is 8.81. The standard InChI is InChI=1S/C23H15Br2ClN2O2/c24-18-6-8-19(9-7-18)28-23(29)17(13-27)11-15-5-10-22(21(26)12-15)30-14-16-3-1-2-4-20(16)25/h1-12H,14H2,(H,28,29)/b17-11+. The van der Waals surface area contributed by atoms with Crippen LogP contribution < -0.4 is 10.1 Å². The molecule has 0 heterocycles. The third-order valence-electron chi connectivity index (χ3n) is 4.08. The van der Waals surface area contributed by atoms with Gasteiger partial charge in [-0.05, 0) is 54.1 Å². The Hall–Kier alpha value is -2.59. The van der Waals surface area contributed by atoms with E-state index in [9.17, 15) is 10.1 Å². The van der Waals surface area contributed by atoms with Crippen LogP contribution >= 0.6 is 43.5 Å². The first kappa shape index (κ1) is 22.1. The molecule has 30 heavy (non-hydrogen) atoms. The van der Waals surface area contributed by atoms with Gasteiger partial charge in [0.05, 0.1) is 5.02 Å². The number of carbonyl (C=O) groups excluding carboxylic acids is 1. The lowest BCUT2D eigenvalue weighted by atomic mass is 10.1. The minimum atomic E-state index is -0.495. The maximum Gasteiger partial charge on any atom is 0.266 e. The van der Waals surface area contributed by atoms with Crippen LogP contribution in [-0.4, -0.2) is 5.91 Å². The number of ether oxygens (including phenoxy) is 1. The molecule has 0 aliphatic heterocycles. The van der Waals surface area contributed by atoms with Gasteiger partial charge in [-0.25, -0.2) is 0 Å². The Bertz CT molecular complexity index is 1140. The second-order valence-corrected chi connectivity index (χ2v) is 8.38. The molecule has 0 unspecified atom stereocenters. The van der Waals surface area contributed by atoms with Gasteiger partial charge in [-0.15, -0.1) is 0 Å². The van der Waals surface area contributed by atoms with Crippen molar-refractivity contribution < 1.29 is 9.53 Å². The lowest BCUT2D eigenvalue weighted by Gasteiger charge is -2.10. The number of amides is 1. The van der Waals surface area contributed by atoms with E-state index in [1.54, 1.807) is 42.5 Å². The van der Waals surface area contributed by atoms with E-state index in [0.29, 0.717) is 28.6 Å². The van der Waals surface area contributed by atoms with E-state index in [2.05, 4.69) is 37.2 Å². The van der Waals surface area contributed by atoms with Gasteiger partial charge in [0, 0.05) is 20.2 Å². The average molecular weight is 547 g/mol. The predicted molar refractivity (Wildman–Crippen MR) is 126 cm³/mol. The van der Waals surface area contributed by atoms with Crippen molar-refractivity contribution >= 4 is 61.1 Å². The molecule has 3 aromatic rings. The van der Waals surface area contributed by atoms with Crippen molar-refractivity contribution in [1.29, 1.82) is 5.26 Å². The smallest absolute Gasteiger partial charge is 0.266 e. The largest absolute Gasteiger partial charge is 0.487 e. The highest BCUT2D eigenvalue weighted by molar-refractivity contribution is 9.10. The van der Waals surface area contributed by atoms with Crippen LogP contribution in [0.3, 0.4) is 0 Å².